The van der Waals surface area contributed by atoms with Crippen LogP contribution in [0.3, 0.4) is 0 Å². The molecule has 0 radical (unpaired) electrons. The largest absolute Gasteiger partial charge is 0.389 e. The maximum Gasteiger partial charge on any atom is 0.274 e. The highest BCUT2D eigenvalue weighted by atomic mass is 16.5. The Morgan fingerprint density at radius 3 is 2.64 bits per heavy atom. The lowest BCUT2D eigenvalue weighted by atomic mass is 10.2. The third-order valence-electron chi connectivity index (χ3n) is 3.64. The van der Waals surface area contributed by atoms with Crippen molar-refractivity contribution in [1.82, 2.24) is 19.8 Å². The van der Waals surface area contributed by atoms with E-state index in [2.05, 4.69) is 14.9 Å². The van der Waals surface area contributed by atoms with Gasteiger partial charge in [-0.15, -0.1) is 0 Å². The van der Waals surface area contributed by atoms with E-state index in [9.17, 15) is 9.90 Å². The molecule has 122 valence electrons. The van der Waals surface area contributed by atoms with Crippen molar-refractivity contribution < 1.29 is 14.6 Å². The van der Waals surface area contributed by atoms with Crippen LogP contribution in [-0.2, 0) is 4.74 Å². The van der Waals surface area contributed by atoms with Crippen LogP contribution >= 0.6 is 0 Å². The molecule has 2 heterocycles. The second-order valence-corrected chi connectivity index (χ2v) is 5.45. The van der Waals surface area contributed by atoms with Crippen LogP contribution in [0.15, 0.2) is 12.4 Å². The van der Waals surface area contributed by atoms with Crippen molar-refractivity contribution >= 4 is 5.91 Å². The van der Waals surface area contributed by atoms with E-state index in [1.165, 1.54) is 6.20 Å². The van der Waals surface area contributed by atoms with E-state index in [0.29, 0.717) is 38.5 Å². The molecule has 7 heteroatoms. The fraction of sp³-hybridized carbons (Fsp3) is 0.667. The summed E-state index contributed by atoms with van der Waals surface area (Å²) in [4.78, 5) is 24.5. The number of rotatable bonds is 6. The average molecular weight is 308 g/mol. The minimum atomic E-state index is -0.481. The predicted molar refractivity (Wildman–Crippen MR) is 81.6 cm³/mol. The maximum absolute atomic E-state index is 12.3. The number of aromatic nitrogens is 2. The van der Waals surface area contributed by atoms with Crippen LogP contribution in [0.25, 0.3) is 0 Å². The topological polar surface area (TPSA) is 78.8 Å². The summed E-state index contributed by atoms with van der Waals surface area (Å²) in [6.07, 6.45) is 2.65. The molecule has 1 aromatic rings. The van der Waals surface area contributed by atoms with Crippen LogP contribution in [0.4, 0.5) is 0 Å². The molecule has 0 unspecified atom stereocenters. The number of ether oxygens (including phenoxy) is 1. The highest BCUT2D eigenvalue weighted by molar-refractivity contribution is 5.92. The fourth-order valence-corrected chi connectivity index (χ4v) is 2.40. The average Bonchev–Trinajstić information content (AvgIpc) is 2.54. The van der Waals surface area contributed by atoms with Gasteiger partial charge in [0.1, 0.15) is 5.69 Å². The first-order chi connectivity index (χ1) is 10.6. The Bertz CT molecular complexity index is 472. The number of hydrogen-bond acceptors (Lipinski definition) is 6. The molecule has 1 aliphatic heterocycles. The Morgan fingerprint density at radius 2 is 2.05 bits per heavy atom. The highest BCUT2D eigenvalue weighted by Crippen LogP contribution is 2.07. The van der Waals surface area contributed by atoms with Gasteiger partial charge in [-0.2, -0.15) is 0 Å². The van der Waals surface area contributed by atoms with E-state index in [4.69, 9.17) is 4.74 Å². The number of β-amino-alcohol motifs (C(OH)–C–C–N with tert-alkyl or cyclic N) is 1. The molecule has 7 nitrogen and oxygen atoms in total. The van der Waals surface area contributed by atoms with Crippen molar-refractivity contribution in [3.05, 3.63) is 23.8 Å². The Kier molecular flexibility index (Phi) is 6.23. The van der Waals surface area contributed by atoms with E-state index in [0.717, 1.165) is 18.8 Å². The molecular weight excluding hydrogens is 284 g/mol. The summed E-state index contributed by atoms with van der Waals surface area (Å²) in [5.74, 6) is -0.0815. The van der Waals surface area contributed by atoms with Gasteiger partial charge in [0.05, 0.1) is 24.6 Å². The van der Waals surface area contributed by atoms with Crippen LogP contribution < -0.4 is 0 Å². The van der Waals surface area contributed by atoms with Gasteiger partial charge in [0.25, 0.3) is 5.91 Å². The summed E-state index contributed by atoms with van der Waals surface area (Å²) >= 11 is 0. The molecule has 1 atom stereocenters. The number of amides is 1. The lowest BCUT2D eigenvalue weighted by Crippen LogP contribution is -2.51. The minimum absolute atomic E-state index is 0.0815. The SMILES string of the molecule is CCOC[C@@H](O)CN1CCN(C(=O)c2cnc(C)cn2)CC1. The molecule has 1 N–H and O–H groups in total. The van der Waals surface area contributed by atoms with Crippen molar-refractivity contribution in [1.29, 1.82) is 0 Å². The Balaban J connectivity index is 1.79. The molecule has 1 aliphatic rings. The number of piperazine rings is 1. The van der Waals surface area contributed by atoms with Crippen LogP contribution in [0.5, 0.6) is 0 Å². The summed E-state index contributed by atoms with van der Waals surface area (Å²) in [5, 5.41) is 9.85. The molecule has 22 heavy (non-hydrogen) atoms. The van der Waals surface area contributed by atoms with Crippen LogP contribution in [0.2, 0.25) is 0 Å². The molecule has 1 saturated heterocycles. The van der Waals surface area contributed by atoms with E-state index in [-0.39, 0.29) is 5.91 Å². The van der Waals surface area contributed by atoms with Crippen LogP contribution in [-0.4, -0.2) is 82.8 Å². The molecular formula is C15H24N4O3. The molecule has 1 aromatic heterocycles. The first-order valence-electron chi connectivity index (χ1n) is 7.66. The maximum atomic E-state index is 12.3. The molecule has 0 saturated carbocycles. The number of hydrogen-bond donors (Lipinski definition) is 1. The summed E-state index contributed by atoms with van der Waals surface area (Å²) in [6, 6.07) is 0. The van der Waals surface area contributed by atoms with Gasteiger partial charge in [-0.3, -0.25) is 14.7 Å². The van der Waals surface area contributed by atoms with Crippen molar-refractivity contribution in [2.24, 2.45) is 0 Å². The molecule has 1 amide bonds. The fourth-order valence-electron chi connectivity index (χ4n) is 2.40. The number of aliphatic hydroxyl groups is 1. The Morgan fingerprint density at radius 1 is 1.32 bits per heavy atom. The first kappa shape index (κ1) is 16.8. The number of nitrogens with zero attached hydrogens (tertiary/aromatic N) is 4. The summed E-state index contributed by atoms with van der Waals surface area (Å²) in [7, 11) is 0. The zero-order chi connectivity index (χ0) is 15.9. The van der Waals surface area contributed by atoms with E-state index >= 15 is 0 Å². The predicted octanol–water partition coefficient (Wildman–Crippen LogP) is -0.0598. The Hall–Kier alpha value is -1.57. The van der Waals surface area contributed by atoms with E-state index in [1.807, 2.05) is 13.8 Å². The van der Waals surface area contributed by atoms with Gasteiger partial charge < -0.3 is 14.7 Å². The Labute approximate surface area is 130 Å². The van der Waals surface area contributed by atoms with Gasteiger partial charge in [-0.1, -0.05) is 0 Å². The van der Waals surface area contributed by atoms with Gasteiger partial charge in [-0.25, -0.2) is 4.98 Å². The van der Waals surface area contributed by atoms with E-state index in [1.54, 1.807) is 11.1 Å². The quantitative estimate of drug-likeness (QED) is 0.793. The van der Waals surface area contributed by atoms with Crippen molar-refractivity contribution in [2.75, 3.05) is 45.9 Å². The monoisotopic (exact) mass is 308 g/mol. The smallest absolute Gasteiger partial charge is 0.274 e. The molecule has 0 bridgehead atoms. The van der Waals surface area contributed by atoms with Crippen molar-refractivity contribution in [2.45, 2.75) is 20.0 Å². The molecule has 0 spiro atoms. The second-order valence-electron chi connectivity index (χ2n) is 5.45. The van der Waals surface area contributed by atoms with E-state index < -0.39 is 6.10 Å². The standard InChI is InChI=1S/C15H24N4O3/c1-3-22-11-13(20)10-18-4-6-19(7-5-18)15(21)14-9-16-12(2)8-17-14/h8-9,13,20H,3-7,10-11H2,1-2H3/t13-/m0/s1. The molecule has 2 rings (SSSR count). The zero-order valence-electron chi connectivity index (χ0n) is 13.2. The van der Waals surface area contributed by atoms with Gasteiger partial charge >= 0.3 is 0 Å². The van der Waals surface area contributed by atoms with Gasteiger partial charge in [-0.05, 0) is 13.8 Å². The molecule has 0 aliphatic carbocycles. The third kappa shape index (κ3) is 4.72. The van der Waals surface area contributed by atoms with Gasteiger partial charge in [0.15, 0.2) is 0 Å². The minimum Gasteiger partial charge on any atom is -0.389 e. The lowest BCUT2D eigenvalue weighted by molar-refractivity contribution is 0.0110. The molecule has 0 aromatic carbocycles. The van der Waals surface area contributed by atoms with Crippen molar-refractivity contribution in [3.8, 4) is 0 Å². The van der Waals surface area contributed by atoms with Gasteiger partial charge in [0, 0.05) is 45.5 Å². The number of aliphatic hydroxyl groups excluding tert-OH is 1. The number of carbonyl (C=O) groups excluding carboxylic acids is 1. The highest BCUT2D eigenvalue weighted by Gasteiger charge is 2.24. The lowest BCUT2D eigenvalue weighted by Gasteiger charge is -2.35. The van der Waals surface area contributed by atoms with Gasteiger partial charge in [0.2, 0.25) is 0 Å². The summed E-state index contributed by atoms with van der Waals surface area (Å²) < 4.78 is 5.21. The number of carbonyl (C=O) groups is 1. The summed E-state index contributed by atoms with van der Waals surface area (Å²) in [5.41, 5.74) is 1.18. The molecule has 1 fully saturated rings. The first-order valence-corrected chi connectivity index (χ1v) is 7.66. The summed E-state index contributed by atoms with van der Waals surface area (Å²) in [6.45, 7) is 8.05. The normalized spacial score (nSPS) is 17.5. The number of aryl methyl sites for hydroxylation is 1. The zero-order valence-corrected chi connectivity index (χ0v) is 13.2. The van der Waals surface area contributed by atoms with Crippen molar-refractivity contribution in [3.63, 3.8) is 0 Å². The van der Waals surface area contributed by atoms with Crippen LogP contribution in [0, 0.1) is 6.92 Å². The third-order valence-corrected chi connectivity index (χ3v) is 3.64. The second kappa shape index (κ2) is 8.17. The van der Waals surface area contributed by atoms with Crippen LogP contribution in [0.1, 0.15) is 23.1 Å².